The van der Waals surface area contributed by atoms with Gasteiger partial charge in [-0.05, 0) is 28.2 Å². The number of aromatic nitrogens is 4. The van der Waals surface area contributed by atoms with Gasteiger partial charge in [-0.15, -0.1) is 0 Å². The molecule has 3 N–H and O–H groups in total. The molecule has 2 aromatic rings. The molecule has 2 aromatic heterocycles. The van der Waals surface area contributed by atoms with Crippen molar-refractivity contribution in [3.8, 4) is 0 Å². The van der Waals surface area contributed by atoms with Crippen LogP contribution in [0.5, 0.6) is 0 Å². The third-order valence-electron chi connectivity index (χ3n) is 7.12. The Morgan fingerprint density at radius 3 is 2.28 bits per heavy atom. The minimum Gasteiger partial charge on any atom is -0.421 e. The minimum absolute atomic E-state index is 0.0364. The van der Waals surface area contributed by atoms with E-state index in [2.05, 4.69) is 90.4 Å². The molecular weight excluding hydrogens is 507 g/mol. The fourth-order valence-corrected chi connectivity index (χ4v) is 9.48. The van der Waals surface area contributed by atoms with Crippen molar-refractivity contribution in [2.75, 3.05) is 12.3 Å². The molecule has 4 atom stereocenters. The van der Waals surface area contributed by atoms with Gasteiger partial charge < -0.3 is 24.4 Å². The van der Waals surface area contributed by atoms with E-state index in [4.69, 9.17) is 19.3 Å². The van der Waals surface area contributed by atoms with E-state index in [1.807, 2.05) is 4.57 Å². The normalized spacial score (nSPS) is 26.8. The van der Waals surface area contributed by atoms with E-state index in [0.717, 1.165) is 0 Å². The zero-order valence-electron chi connectivity index (χ0n) is 24.0. The summed E-state index contributed by atoms with van der Waals surface area (Å²) in [4.78, 5) is 13.0. The summed E-state index contributed by atoms with van der Waals surface area (Å²) in [7, 11) is -4.27. The largest absolute Gasteiger partial charge is 0.421 e. The van der Waals surface area contributed by atoms with Gasteiger partial charge in [-0.25, -0.2) is 15.0 Å². The molecule has 0 bridgehead atoms. The second-order valence-corrected chi connectivity index (χ2v) is 25.4. The fourth-order valence-electron chi connectivity index (χ4n) is 4.43. The van der Waals surface area contributed by atoms with Gasteiger partial charge in [-0.1, -0.05) is 62.3 Å². The van der Waals surface area contributed by atoms with E-state index in [1.165, 1.54) is 6.33 Å². The van der Waals surface area contributed by atoms with Crippen LogP contribution in [0.3, 0.4) is 0 Å². The van der Waals surface area contributed by atoms with Crippen molar-refractivity contribution >= 4 is 44.6 Å². The molecule has 1 saturated heterocycles. The molecule has 204 valence electrons. The number of hydrogen-bond acceptors (Lipinski definition) is 8. The SMILES string of the molecule is CC(C)(C)[SiH2]OC[C@H]1O[C@@H](n2cnc3c(N)ncnc32)[C@H](O[Si](C)(C)C(C)(C)C)[C@@]1(O)[SiH2]C(C)(C)C. The van der Waals surface area contributed by atoms with Crippen LogP contribution in [-0.4, -0.2) is 76.3 Å². The Morgan fingerprint density at radius 2 is 1.72 bits per heavy atom. The summed E-state index contributed by atoms with van der Waals surface area (Å²) in [5, 5.41) is 11.5. The molecule has 3 rings (SSSR count). The number of rotatable bonds is 7. The lowest BCUT2D eigenvalue weighted by Crippen LogP contribution is -2.60. The van der Waals surface area contributed by atoms with Crippen molar-refractivity contribution in [3.63, 3.8) is 0 Å². The summed E-state index contributed by atoms with van der Waals surface area (Å²) in [5.41, 5.74) is 7.17. The van der Waals surface area contributed by atoms with Gasteiger partial charge in [-0.3, -0.25) is 4.57 Å². The van der Waals surface area contributed by atoms with Gasteiger partial charge in [0.25, 0.3) is 0 Å². The van der Waals surface area contributed by atoms with Gasteiger partial charge >= 0.3 is 0 Å². The molecule has 1 aliphatic rings. The monoisotopic (exact) mass is 553 g/mol. The number of nitrogen functional groups attached to an aromatic ring is 1. The van der Waals surface area contributed by atoms with Crippen LogP contribution < -0.4 is 5.73 Å². The van der Waals surface area contributed by atoms with Crippen LogP contribution >= 0.6 is 0 Å². The van der Waals surface area contributed by atoms with Crippen LogP contribution in [-0.2, 0) is 13.6 Å². The summed E-state index contributed by atoms with van der Waals surface area (Å²) < 4.78 is 21.9. The highest BCUT2D eigenvalue weighted by molar-refractivity contribution is 6.74. The van der Waals surface area contributed by atoms with E-state index < -0.39 is 51.3 Å². The average molecular weight is 554 g/mol. The Bertz CT molecular complexity index is 1060. The first-order valence-electron chi connectivity index (χ1n) is 12.8. The predicted octanol–water partition coefficient (Wildman–Crippen LogP) is 3.09. The van der Waals surface area contributed by atoms with Gasteiger partial charge in [0.15, 0.2) is 35.8 Å². The Morgan fingerprint density at radius 1 is 1.08 bits per heavy atom. The van der Waals surface area contributed by atoms with Gasteiger partial charge in [0.05, 0.1) is 22.5 Å². The Kier molecular flexibility index (Phi) is 8.05. The molecule has 1 aliphatic heterocycles. The summed E-state index contributed by atoms with van der Waals surface area (Å²) >= 11 is 0. The van der Waals surface area contributed by atoms with Crippen LogP contribution in [0.2, 0.25) is 28.2 Å². The number of nitrogens with zero attached hydrogens (tertiary/aromatic N) is 4. The Balaban J connectivity index is 2.12. The van der Waals surface area contributed by atoms with Gasteiger partial charge in [0, 0.05) is 0 Å². The third-order valence-corrected chi connectivity index (χ3v) is 15.4. The molecule has 12 heteroatoms. The predicted molar refractivity (Wildman–Crippen MR) is 153 cm³/mol. The van der Waals surface area contributed by atoms with Crippen molar-refractivity contribution in [3.05, 3.63) is 12.7 Å². The molecule has 0 aliphatic carbocycles. The molecule has 0 saturated carbocycles. The van der Waals surface area contributed by atoms with E-state index in [-0.39, 0.29) is 15.1 Å². The number of aliphatic hydroxyl groups is 1. The smallest absolute Gasteiger partial charge is 0.192 e. The van der Waals surface area contributed by atoms with Crippen molar-refractivity contribution in [2.45, 2.75) is 114 Å². The number of hydrogen-bond donors (Lipinski definition) is 2. The van der Waals surface area contributed by atoms with Crippen molar-refractivity contribution < 1.29 is 18.7 Å². The summed E-state index contributed by atoms with van der Waals surface area (Å²) in [6.45, 7) is 24.6. The van der Waals surface area contributed by atoms with Crippen LogP contribution in [0, 0.1) is 0 Å². The molecule has 3 heterocycles. The van der Waals surface area contributed by atoms with Gasteiger partial charge in [0.1, 0.15) is 29.3 Å². The minimum atomic E-state index is -2.30. The van der Waals surface area contributed by atoms with Crippen molar-refractivity contribution in [1.29, 1.82) is 0 Å². The number of nitrogens with two attached hydrogens (primary N) is 1. The summed E-state index contributed by atoms with van der Waals surface area (Å²) in [6.07, 6.45) is 1.41. The number of anilines is 1. The van der Waals surface area contributed by atoms with Crippen LogP contribution in [0.15, 0.2) is 12.7 Å². The number of imidazole rings is 1. The molecule has 1 fully saturated rings. The number of fused-ring (bicyclic) bond motifs is 1. The highest BCUT2D eigenvalue weighted by Gasteiger charge is 2.60. The lowest BCUT2D eigenvalue weighted by atomic mass is 10.1. The van der Waals surface area contributed by atoms with E-state index in [9.17, 15) is 5.11 Å². The standard InChI is InChI=1S/C24H47N5O4Si3/c1-21(2,3)34-24(30)15(12-31-35-22(4,5)6)32-20(17(24)33-36(10,11)23(7,8)9)29-14-28-16-18(25)26-13-27-19(16)29/h13-15,17,20,30H,12,34-35H2,1-11H3,(H2,25,26,27)/t15-,17+,20-,24+/m1/s1. The van der Waals surface area contributed by atoms with E-state index >= 15 is 0 Å². The molecule has 36 heavy (non-hydrogen) atoms. The van der Waals surface area contributed by atoms with Gasteiger partial charge in [0.2, 0.25) is 0 Å². The first-order valence-corrected chi connectivity index (χ1v) is 18.4. The second kappa shape index (κ2) is 9.86. The fraction of sp³-hybridized carbons (Fsp3) is 0.792. The molecule has 0 unspecified atom stereocenters. The lowest BCUT2D eigenvalue weighted by molar-refractivity contribution is -0.0510. The average Bonchev–Trinajstić information content (AvgIpc) is 3.20. The molecule has 0 aromatic carbocycles. The van der Waals surface area contributed by atoms with Crippen LogP contribution in [0.4, 0.5) is 5.82 Å². The zero-order valence-corrected chi connectivity index (χ0v) is 27.9. The first kappa shape index (κ1) is 29.4. The van der Waals surface area contributed by atoms with E-state index in [0.29, 0.717) is 23.6 Å². The van der Waals surface area contributed by atoms with Crippen molar-refractivity contribution in [1.82, 2.24) is 19.5 Å². The maximum atomic E-state index is 12.6. The zero-order chi connectivity index (χ0) is 27.3. The highest BCUT2D eigenvalue weighted by Crippen LogP contribution is 2.48. The summed E-state index contributed by atoms with van der Waals surface area (Å²) in [6, 6.07) is 0. The topological polar surface area (TPSA) is 118 Å². The highest BCUT2D eigenvalue weighted by atomic mass is 28.4. The molecule has 0 amide bonds. The van der Waals surface area contributed by atoms with Crippen LogP contribution in [0.25, 0.3) is 11.2 Å². The Labute approximate surface area is 221 Å². The van der Waals surface area contributed by atoms with Crippen molar-refractivity contribution in [2.24, 2.45) is 0 Å². The molecule has 0 spiro atoms. The molecule has 9 nitrogen and oxygen atoms in total. The van der Waals surface area contributed by atoms with Gasteiger partial charge in [-0.2, -0.15) is 0 Å². The maximum Gasteiger partial charge on any atom is 0.192 e. The number of ether oxygens (including phenoxy) is 1. The van der Waals surface area contributed by atoms with Crippen LogP contribution in [0.1, 0.15) is 68.5 Å². The first-order chi connectivity index (χ1) is 16.3. The maximum absolute atomic E-state index is 12.6. The second-order valence-electron chi connectivity index (χ2n) is 14.2. The van der Waals surface area contributed by atoms with E-state index in [1.54, 1.807) is 6.33 Å². The molecular formula is C24H47N5O4Si3. The molecule has 0 radical (unpaired) electrons. The third kappa shape index (κ3) is 6.28. The summed E-state index contributed by atoms with van der Waals surface area (Å²) in [5.74, 6) is 0.314. The Hall–Kier alpha value is -1.16. The lowest BCUT2D eigenvalue weighted by Gasteiger charge is -2.44. The quantitative estimate of drug-likeness (QED) is 0.502.